The summed E-state index contributed by atoms with van der Waals surface area (Å²) >= 11 is 0. The zero-order valence-electron chi connectivity index (χ0n) is 12.2. The first-order valence-corrected chi connectivity index (χ1v) is 8.03. The minimum Gasteiger partial charge on any atom is -0.497 e. The van der Waals surface area contributed by atoms with Crippen LogP contribution in [0.25, 0.3) is 0 Å². The maximum atomic E-state index is 14.4. The van der Waals surface area contributed by atoms with Crippen molar-refractivity contribution < 1.29 is 27.1 Å². The maximum Gasteiger partial charge on any atom is 0.401 e. The highest BCUT2D eigenvalue weighted by atomic mass is 31.2. The Kier molecular flexibility index (Phi) is 6.28. The molecule has 1 aromatic carbocycles. The molecule has 0 unspecified atom stereocenters. The van der Waals surface area contributed by atoms with Crippen molar-refractivity contribution in [2.45, 2.75) is 25.6 Å². The Balaban J connectivity index is 3.10. The quantitative estimate of drug-likeness (QED) is 0.741. The molecule has 0 saturated heterocycles. The summed E-state index contributed by atoms with van der Waals surface area (Å²) in [5, 5.41) is 0. The summed E-state index contributed by atoms with van der Waals surface area (Å²) in [5.74, 6) is 0.507. The van der Waals surface area contributed by atoms with Gasteiger partial charge in [0, 0.05) is 0 Å². The van der Waals surface area contributed by atoms with Crippen molar-refractivity contribution in [1.82, 2.24) is 0 Å². The number of rotatable bonds is 8. The summed E-state index contributed by atoms with van der Waals surface area (Å²) in [6, 6.07) is 3.96. The van der Waals surface area contributed by atoms with Gasteiger partial charge in [-0.05, 0) is 31.5 Å². The monoisotopic (exact) mass is 323 g/mol. The summed E-state index contributed by atoms with van der Waals surface area (Å²) in [6.07, 6.45) is 0. The molecule has 0 amide bonds. The normalized spacial score (nSPS) is 14.0. The van der Waals surface area contributed by atoms with E-state index in [0.717, 1.165) is 0 Å². The third kappa shape index (κ3) is 3.80. The fourth-order valence-corrected chi connectivity index (χ4v) is 3.32. The van der Waals surface area contributed by atoms with E-state index in [9.17, 15) is 13.3 Å². The number of alkyl halides is 2. The van der Waals surface area contributed by atoms with Gasteiger partial charge in [-0.3, -0.25) is 4.57 Å². The third-order valence-electron chi connectivity index (χ3n) is 2.81. The molecule has 0 aromatic heterocycles. The smallest absolute Gasteiger partial charge is 0.401 e. The highest BCUT2D eigenvalue weighted by Crippen LogP contribution is 2.65. The van der Waals surface area contributed by atoms with Crippen molar-refractivity contribution in [3.8, 4) is 5.75 Å². The van der Waals surface area contributed by atoms with E-state index >= 15 is 0 Å². The molecule has 0 aliphatic carbocycles. The van der Waals surface area contributed by atoms with E-state index in [-0.39, 0.29) is 18.8 Å². The molecule has 120 valence electrons. The molecule has 1 rings (SSSR count). The van der Waals surface area contributed by atoms with Crippen LogP contribution in [-0.2, 0) is 13.6 Å². The van der Waals surface area contributed by atoms with E-state index in [1.807, 2.05) is 0 Å². The molecular formula is C13H20F2NO4P. The van der Waals surface area contributed by atoms with E-state index in [2.05, 4.69) is 0 Å². The molecule has 0 aliphatic rings. The van der Waals surface area contributed by atoms with Crippen LogP contribution in [0.4, 0.5) is 8.78 Å². The molecule has 5 nitrogen and oxygen atoms in total. The standard InChI is InChI=1S/C13H20F2NO4P/c1-4-19-21(17,20-5-2)13(14,15)12(16)10-6-8-11(18-3)9-7-10/h6-9,12H,4-5,16H2,1-3H3/t12-/m1/s1. The Morgan fingerprint density at radius 1 is 1.19 bits per heavy atom. The van der Waals surface area contributed by atoms with Crippen molar-refractivity contribution in [3.63, 3.8) is 0 Å². The highest BCUT2D eigenvalue weighted by molar-refractivity contribution is 7.55. The van der Waals surface area contributed by atoms with Crippen molar-refractivity contribution in [2.24, 2.45) is 5.73 Å². The zero-order chi connectivity index (χ0) is 16.1. The Labute approximate surface area is 122 Å². The van der Waals surface area contributed by atoms with Crippen molar-refractivity contribution >= 4 is 7.60 Å². The lowest BCUT2D eigenvalue weighted by atomic mass is 10.1. The summed E-state index contributed by atoms with van der Waals surface area (Å²) in [4.78, 5) is 0. The first-order chi connectivity index (χ1) is 9.82. The molecule has 1 aromatic rings. The van der Waals surface area contributed by atoms with Crippen molar-refractivity contribution in [1.29, 1.82) is 0 Å². The summed E-state index contributed by atoms with van der Waals surface area (Å²) in [6.45, 7) is 2.59. The fourth-order valence-electron chi connectivity index (χ4n) is 1.73. The molecule has 0 heterocycles. The number of halogens is 2. The summed E-state index contributed by atoms with van der Waals surface area (Å²) in [5.41, 5.74) is 1.86. The minimum atomic E-state index is -4.65. The van der Waals surface area contributed by atoms with Gasteiger partial charge in [0.05, 0.1) is 20.3 Å². The highest BCUT2D eigenvalue weighted by Gasteiger charge is 2.58. The number of nitrogens with two attached hydrogens (primary N) is 1. The number of hydrogen-bond donors (Lipinski definition) is 1. The second-order valence-electron chi connectivity index (χ2n) is 4.17. The van der Waals surface area contributed by atoms with Gasteiger partial charge in [0.2, 0.25) is 0 Å². The van der Waals surface area contributed by atoms with Crippen molar-refractivity contribution in [2.75, 3.05) is 20.3 Å². The van der Waals surface area contributed by atoms with E-state index in [4.69, 9.17) is 19.5 Å². The van der Waals surface area contributed by atoms with Gasteiger partial charge in [0.25, 0.3) is 0 Å². The predicted octanol–water partition coefficient (Wildman–Crippen LogP) is 3.55. The minimum absolute atomic E-state index is 0.112. The lowest BCUT2D eigenvalue weighted by molar-refractivity contribution is 0.0161. The van der Waals surface area contributed by atoms with Crippen LogP contribution in [0, 0.1) is 0 Å². The van der Waals surface area contributed by atoms with Crippen LogP contribution in [0.3, 0.4) is 0 Å². The maximum absolute atomic E-state index is 14.4. The van der Waals surface area contributed by atoms with E-state index in [1.165, 1.54) is 45.2 Å². The second kappa shape index (κ2) is 7.31. The Morgan fingerprint density at radius 3 is 2.05 bits per heavy atom. The first-order valence-electron chi connectivity index (χ1n) is 6.49. The van der Waals surface area contributed by atoms with Gasteiger partial charge >= 0.3 is 13.3 Å². The molecule has 1 atom stereocenters. The second-order valence-corrected chi connectivity index (χ2v) is 6.28. The van der Waals surface area contributed by atoms with Crippen LogP contribution in [-0.4, -0.2) is 26.0 Å². The molecule has 21 heavy (non-hydrogen) atoms. The van der Waals surface area contributed by atoms with Crippen LogP contribution in [0.2, 0.25) is 0 Å². The topological polar surface area (TPSA) is 70.8 Å². The molecule has 0 aliphatic heterocycles. The summed E-state index contributed by atoms with van der Waals surface area (Å²) in [7, 11) is -3.19. The number of hydrogen-bond acceptors (Lipinski definition) is 5. The third-order valence-corrected chi connectivity index (χ3v) is 5.02. The molecule has 8 heteroatoms. The summed E-state index contributed by atoms with van der Waals surface area (Å²) < 4.78 is 55.5. The average molecular weight is 323 g/mol. The Bertz CT molecular complexity index is 485. The predicted molar refractivity (Wildman–Crippen MR) is 75.7 cm³/mol. The van der Waals surface area contributed by atoms with Crippen LogP contribution < -0.4 is 10.5 Å². The van der Waals surface area contributed by atoms with Crippen LogP contribution in [0.1, 0.15) is 25.5 Å². The van der Waals surface area contributed by atoms with Crippen molar-refractivity contribution in [3.05, 3.63) is 29.8 Å². The largest absolute Gasteiger partial charge is 0.497 e. The average Bonchev–Trinajstić information content (AvgIpc) is 2.47. The molecule has 0 fully saturated rings. The van der Waals surface area contributed by atoms with Crippen LogP contribution in [0.5, 0.6) is 5.75 Å². The molecule has 0 radical (unpaired) electrons. The Hall–Kier alpha value is -1.01. The van der Waals surface area contributed by atoms with Gasteiger partial charge in [0.15, 0.2) is 0 Å². The first kappa shape index (κ1) is 18.0. The number of methoxy groups -OCH3 is 1. The molecule has 0 bridgehead atoms. The molecule has 0 spiro atoms. The zero-order valence-corrected chi connectivity index (χ0v) is 13.1. The van der Waals surface area contributed by atoms with Gasteiger partial charge in [-0.2, -0.15) is 8.78 Å². The Morgan fingerprint density at radius 2 is 1.67 bits per heavy atom. The molecular weight excluding hydrogens is 303 g/mol. The molecule has 0 saturated carbocycles. The number of ether oxygens (including phenoxy) is 1. The van der Waals surface area contributed by atoms with E-state index < -0.39 is 19.3 Å². The SMILES string of the molecule is CCOP(=O)(OCC)C(F)(F)[C@H](N)c1ccc(OC)cc1. The van der Waals surface area contributed by atoms with Gasteiger partial charge in [-0.25, -0.2) is 0 Å². The fraction of sp³-hybridized carbons (Fsp3) is 0.538. The van der Waals surface area contributed by atoms with E-state index in [0.29, 0.717) is 5.75 Å². The number of benzene rings is 1. The van der Waals surface area contributed by atoms with Gasteiger partial charge in [-0.15, -0.1) is 0 Å². The lowest BCUT2D eigenvalue weighted by Crippen LogP contribution is -2.34. The van der Waals surface area contributed by atoms with Crippen LogP contribution in [0.15, 0.2) is 24.3 Å². The van der Waals surface area contributed by atoms with E-state index in [1.54, 1.807) is 0 Å². The van der Waals surface area contributed by atoms with Gasteiger partial charge in [0.1, 0.15) is 11.8 Å². The lowest BCUT2D eigenvalue weighted by Gasteiger charge is -2.30. The van der Waals surface area contributed by atoms with Gasteiger partial charge < -0.3 is 19.5 Å². The van der Waals surface area contributed by atoms with Gasteiger partial charge in [-0.1, -0.05) is 12.1 Å². The van der Waals surface area contributed by atoms with Crippen LogP contribution >= 0.6 is 7.60 Å². The molecule has 2 N–H and O–H groups in total.